The number of benzene rings is 2. The van der Waals surface area contributed by atoms with Crippen molar-refractivity contribution < 1.29 is 9.18 Å². The van der Waals surface area contributed by atoms with Gasteiger partial charge in [-0.3, -0.25) is 4.79 Å². The first kappa shape index (κ1) is 15.2. The first-order chi connectivity index (χ1) is 9.49. The zero-order chi connectivity index (χ0) is 14.7. The normalized spacial score (nSPS) is 10.4. The Labute approximate surface area is 133 Å². The standard InChI is InChI=1S/C15H12Br2FNO/c1-9-12(3-2-4-13(9)16)15(20)19-8-10-7-11(18)5-6-14(10)17/h2-7H,8H2,1H3,(H,19,20). The Bertz CT molecular complexity index is 658. The molecule has 2 aromatic rings. The summed E-state index contributed by atoms with van der Waals surface area (Å²) in [6, 6.07) is 9.85. The topological polar surface area (TPSA) is 29.1 Å². The van der Waals surface area contributed by atoms with Crippen LogP contribution in [0.15, 0.2) is 45.3 Å². The van der Waals surface area contributed by atoms with E-state index in [1.807, 2.05) is 19.1 Å². The highest BCUT2D eigenvalue weighted by Crippen LogP contribution is 2.20. The van der Waals surface area contributed by atoms with Crippen molar-refractivity contribution in [3.8, 4) is 0 Å². The third-order valence-electron chi connectivity index (χ3n) is 2.96. The van der Waals surface area contributed by atoms with Gasteiger partial charge in [-0.2, -0.15) is 0 Å². The van der Waals surface area contributed by atoms with Crippen molar-refractivity contribution in [1.29, 1.82) is 0 Å². The summed E-state index contributed by atoms with van der Waals surface area (Å²) in [6.07, 6.45) is 0. The van der Waals surface area contributed by atoms with Crippen LogP contribution >= 0.6 is 31.9 Å². The third kappa shape index (κ3) is 3.46. The Morgan fingerprint density at radius 1 is 1.20 bits per heavy atom. The number of carbonyl (C=O) groups excluding carboxylic acids is 1. The smallest absolute Gasteiger partial charge is 0.251 e. The lowest BCUT2D eigenvalue weighted by molar-refractivity contribution is 0.0950. The maximum Gasteiger partial charge on any atom is 0.251 e. The van der Waals surface area contributed by atoms with E-state index in [0.717, 1.165) is 14.5 Å². The van der Waals surface area contributed by atoms with Crippen LogP contribution in [0, 0.1) is 12.7 Å². The van der Waals surface area contributed by atoms with Gasteiger partial charge in [-0.15, -0.1) is 0 Å². The van der Waals surface area contributed by atoms with Crippen LogP contribution in [0.1, 0.15) is 21.5 Å². The first-order valence-electron chi connectivity index (χ1n) is 5.96. The van der Waals surface area contributed by atoms with Gasteiger partial charge in [0.05, 0.1) is 0 Å². The molecule has 0 radical (unpaired) electrons. The predicted octanol–water partition coefficient (Wildman–Crippen LogP) is 4.59. The van der Waals surface area contributed by atoms with E-state index in [9.17, 15) is 9.18 Å². The molecule has 2 rings (SSSR count). The number of carbonyl (C=O) groups is 1. The van der Waals surface area contributed by atoms with Crippen LogP contribution in [0.5, 0.6) is 0 Å². The van der Waals surface area contributed by atoms with Crippen LogP contribution in [-0.2, 0) is 6.54 Å². The highest BCUT2D eigenvalue weighted by atomic mass is 79.9. The van der Waals surface area contributed by atoms with E-state index in [-0.39, 0.29) is 18.3 Å². The van der Waals surface area contributed by atoms with Crippen molar-refractivity contribution >= 4 is 37.8 Å². The number of halogens is 3. The van der Waals surface area contributed by atoms with E-state index >= 15 is 0 Å². The second-order valence-corrected chi connectivity index (χ2v) is 6.04. The van der Waals surface area contributed by atoms with E-state index in [4.69, 9.17) is 0 Å². The molecule has 0 unspecified atom stereocenters. The van der Waals surface area contributed by atoms with Crippen molar-refractivity contribution in [2.24, 2.45) is 0 Å². The molecule has 0 aliphatic rings. The lowest BCUT2D eigenvalue weighted by Gasteiger charge is -2.10. The maximum atomic E-state index is 13.2. The summed E-state index contributed by atoms with van der Waals surface area (Å²) in [5, 5.41) is 2.79. The van der Waals surface area contributed by atoms with Crippen molar-refractivity contribution in [3.05, 3.63) is 67.9 Å². The van der Waals surface area contributed by atoms with Crippen LogP contribution in [0.3, 0.4) is 0 Å². The number of amides is 1. The zero-order valence-corrected chi connectivity index (χ0v) is 13.9. The second kappa shape index (κ2) is 6.50. The molecule has 0 aliphatic heterocycles. The minimum absolute atomic E-state index is 0.181. The number of hydrogen-bond donors (Lipinski definition) is 1. The van der Waals surface area contributed by atoms with Crippen molar-refractivity contribution in [3.63, 3.8) is 0 Å². The van der Waals surface area contributed by atoms with Crippen LogP contribution in [0.25, 0.3) is 0 Å². The van der Waals surface area contributed by atoms with Gasteiger partial charge in [0.15, 0.2) is 0 Å². The average molecular weight is 401 g/mol. The van der Waals surface area contributed by atoms with Crippen LogP contribution in [-0.4, -0.2) is 5.91 Å². The van der Waals surface area contributed by atoms with Gasteiger partial charge in [-0.25, -0.2) is 4.39 Å². The summed E-state index contributed by atoms with van der Waals surface area (Å²) in [6.45, 7) is 2.14. The summed E-state index contributed by atoms with van der Waals surface area (Å²) in [4.78, 5) is 12.1. The maximum absolute atomic E-state index is 13.2. The monoisotopic (exact) mass is 399 g/mol. The molecule has 2 nitrogen and oxygen atoms in total. The van der Waals surface area contributed by atoms with Crippen molar-refractivity contribution in [1.82, 2.24) is 5.32 Å². The fraction of sp³-hybridized carbons (Fsp3) is 0.133. The van der Waals surface area contributed by atoms with Crippen LogP contribution in [0.2, 0.25) is 0 Å². The van der Waals surface area contributed by atoms with E-state index in [1.165, 1.54) is 12.1 Å². The molecule has 2 aromatic carbocycles. The molecular weight excluding hydrogens is 389 g/mol. The van der Waals surface area contributed by atoms with Gasteiger partial charge in [0, 0.05) is 21.1 Å². The molecule has 1 N–H and O–H groups in total. The molecule has 5 heteroatoms. The molecule has 0 atom stereocenters. The van der Waals surface area contributed by atoms with Crippen molar-refractivity contribution in [2.45, 2.75) is 13.5 Å². The van der Waals surface area contributed by atoms with Gasteiger partial charge in [0.1, 0.15) is 5.82 Å². The highest BCUT2D eigenvalue weighted by Gasteiger charge is 2.11. The average Bonchev–Trinajstić information content (AvgIpc) is 2.42. The summed E-state index contributed by atoms with van der Waals surface area (Å²) < 4.78 is 14.8. The Hall–Kier alpha value is -1.20. The Balaban J connectivity index is 2.13. The van der Waals surface area contributed by atoms with Gasteiger partial charge >= 0.3 is 0 Å². The lowest BCUT2D eigenvalue weighted by atomic mass is 10.1. The van der Waals surface area contributed by atoms with Gasteiger partial charge in [0.2, 0.25) is 0 Å². The Morgan fingerprint density at radius 3 is 2.70 bits per heavy atom. The molecule has 20 heavy (non-hydrogen) atoms. The summed E-state index contributed by atoms with van der Waals surface area (Å²) in [5.41, 5.74) is 2.18. The first-order valence-corrected chi connectivity index (χ1v) is 7.55. The summed E-state index contributed by atoms with van der Waals surface area (Å²) >= 11 is 6.73. The third-order valence-corrected chi connectivity index (χ3v) is 4.59. The van der Waals surface area contributed by atoms with E-state index in [1.54, 1.807) is 12.1 Å². The quantitative estimate of drug-likeness (QED) is 0.802. The number of hydrogen-bond acceptors (Lipinski definition) is 1. The molecule has 0 fully saturated rings. The minimum Gasteiger partial charge on any atom is -0.348 e. The second-order valence-electron chi connectivity index (χ2n) is 4.33. The molecule has 0 heterocycles. The van der Waals surface area contributed by atoms with E-state index in [2.05, 4.69) is 37.2 Å². The fourth-order valence-corrected chi connectivity index (χ4v) is 2.56. The lowest BCUT2D eigenvalue weighted by Crippen LogP contribution is -2.24. The summed E-state index contributed by atoms with van der Waals surface area (Å²) in [5.74, 6) is -0.504. The number of rotatable bonds is 3. The van der Waals surface area contributed by atoms with Gasteiger partial charge < -0.3 is 5.32 Å². The molecule has 1 amide bonds. The van der Waals surface area contributed by atoms with Crippen LogP contribution < -0.4 is 5.32 Å². The Kier molecular flexibility index (Phi) is 4.94. The van der Waals surface area contributed by atoms with E-state index in [0.29, 0.717) is 11.1 Å². The highest BCUT2D eigenvalue weighted by molar-refractivity contribution is 9.10. The molecule has 0 spiro atoms. The molecule has 0 aliphatic carbocycles. The van der Waals surface area contributed by atoms with E-state index < -0.39 is 0 Å². The fourth-order valence-electron chi connectivity index (χ4n) is 1.80. The Morgan fingerprint density at radius 2 is 1.95 bits per heavy atom. The molecule has 0 saturated carbocycles. The molecule has 104 valence electrons. The molecular formula is C15H12Br2FNO. The van der Waals surface area contributed by atoms with Gasteiger partial charge in [0.25, 0.3) is 5.91 Å². The van der Waals surface area contributed by atoms with Crippen LogP contribution in [0.4, 0.5) is 4.39 Å². The zero-order valence-electron chi connectivity index (χ0n) is 10.7. The predicted molar refractivity (Wildman–Crippen MR) is 84.1 cm³/mol. The van der Waals surface area contributed by atoms with Gasteiger partial charge in [-0.05, 0) is 48.4 Å². The number of nitrogens with one attached hydrogen (secondary N) is 1. The SMILES string of the molecule is Cc1c(Br)cccc1C(=O)NCc1cc(F)ccc1Br. The molecule has 0 saturated heterocycles. The van der Waals surface area contributed by atoms with Gasteiger partial charge in [-0.1, -0.05) is 37.9 Å². The molecule has 0 bridgehead atoms. The minimum atomic E-state index is -0.323. The summed E-state index contributed by atoms with van der Waals surface area (Å²) in [7, 11) is 0. The molecule has 0 aromatic heterocycles. The largest absolute Gasteiger partial charge is 0.348 e. The van der Waals surface area contributed by atoms with Crippen molar-refractivity contribution in [2.75, 3.05) is 0 Å².